The van der Waals surface area contributed by atoms with E-state index in [4.69, 9.17) is 0 Å². The highest BCUT2D eigenvalue weighted by Gasteiger charge is 2.12. The maximum Gasteiger partial charge on any atom is 0.255 e. The Balaban J connectivity index is 1.91. The molecular weight excluding hydrogens is 286 g/mol. The van der Waals surface area contributed by atoms with Crippen LogP contribution in [0.1, 0.15) is 34.2 Å². The van der Waals surface area contributed by atoms with Gasteiger partial charge >= 0.3 is 0 Å². The molecule has 0 atom stereocenters. The fourth-order valence-electron chi connectivity index (χ4n) is 2.86. The molecule has 0 saturated heterocycles. The Bertz CT molecular complexity index is 893. The van der Waals surface area contributed by atoms with Gasteiger partial charge in [0.15, 0.2) is 0 Å². The SMILES string of the molecule is CCc1nc2cc(C(=O)Nc3ccc(C)cc3C)ccc2n1C. The van der Waals surface area contributed by atoms with Crippen LogP contribution in [-0.2, 0) is 13.5 Å². The summed E-state index contributed by atoms with van der Waals surface area (Å²) in [6.45, 7) is 6.12. The first-order valence-electron chi connectivity index (χ1n) is 7.83. The summed E-state index contributed by atoms with van der Waals surface area (Å²) < 4.78 is 2.07. The highest BCUT2D eigenvalue weighted by Crippen LogP contribution is 2.20. The molecule has 0 aliphatic heterocycles. The van der Waals surface area contributed by atoms with Gasteiger partial charge in [-0.2, -0.15) is 0 Å². The lowest BCUT2D eigenvalue weighted by Crippen LogP contribution is -2.12. The minimum Gasteiger partial charge on any atom is -0.331 e. The van der Waals surface area contributed by atoms with Gasteiger partial charge in [-0.1, -0.05) is 24.6 Å². The third-order valence-corrected chi connectivity index (χ3v) is 4.18. The van der Waals surface area contributed by atoms with E-state index in [2.05, 4.69) is 27.9 Å². The van der Waals surface area contributed by atoms with E-state index < -0.39 is 0 Å². The normalized spacial score (nSPS) is 11.0. The molecule has 0 bridgehead atoms. The second kappa shape index (κ2) is 5.88. The van der Waals surface area contributed by atoms with Crippen molar-refractivity contribution in [2.75, 3.05) is 5.32 Å². The van der Waals surface area contributed by atoms with Crippen LogP contribution in [0.15, 0.2) is 36.4 Å². The number of rotatable bonds is 3. The minimum atomic E-state index is -0.109. The molecule has 0 saturated carbocycles. The first kappa shape index (κ1) is 15.3. The number of hydrogen-bond donors (Lipinski definition) is 1. The van der Waals surface area contributed by atoms with Crippen molar-refractivity contribution in [2.45, 2.75) is 27.2 Å². The van der Waals surface area contributed by atoms with Gasteiger partial charge in [0.2, 0.25) is 0 Å². The standard InChI is InChI=1S/C19H21N3O/c1-5-18-20-16-11-14(7-9-17(16)22(18)4)19(23)21-15-8-6-12(2)10-13(15)3/h6-11H,5H2,1-4H3,(H,21,23). The molecule has 1 aromatic heterocycles. The monoisotopic (exact) mass is 307 g/mol. The predicted octanol–water partition coefficient (Wildman–Crippen LogP) is 4.00. The average Bonchev–Trinajstić information content (AvgIpc) is 2.85. The van der Waals surface area contributed by atoms with Gasteiger partial charge in [-0.05, 0) is 43.7 Å². The molecule has 23 heavy (non-hydrogen) atoms. The zero-order valence-electron chi connectivity index (χ0n) is 14.0. The summed E-state index contributed by atoms with van der Waals surface area (Å²) in [6.07, 6.45) is 0.870. The number of benzene rings is 2. The molecule has 1 heterocycles. The molecule has 3 rings (SSSR count). The Morgan fingerprint density at radius 1 is 1.17 bits per heavy atom. The Morgan fingerprint density at radius 3 is 2.65 bits per heavy atom. The lowest BCUT2D eigenvalue weighted by molar-refractivity contribution is 0.102. The molecule has 118 valence electrons. The number of imidazole rings is 1. The predicted molar refractivity (Wildman–Crippen MR) is 94.0 cm³/mol. The van der Waals surface area contributed by atoms with Gasteiger partial charge in [-0.15, -0.1) is 0 Å². The number of fused-ring (bicyclic) bond motifs is 1. The van der Waals surface area contributed by atoms with Crippen molar-refractivity contribution >= 4 is 22.6 Å². The number of nitrogens with zero attached hydrogens (tertiary/aromatic N) is 2. The smallest absolute Gasteiger partial charge is 0.255 e. The quantitative estimate of drug-likeness (QED) is 0.795. The van der Waals surface area contributed by atoms with Gasteiger partial charge in [-0.3, -0.25) is 4.79 Å². The molecule has 0 unspecified atom stereocenters. The lowest BCUT2D eigenvalue weighted by atomic mass is 10.1. The molecule has 1 amide bonds. The highest BCUT2D eigenvalue weighted by atomic mass is 16.1. The molecule has 0 radical (unpaired) electrons. The van der Waals surface area contributed by atoms with Crippen LogP contribution in [0.3, 0.4) is 0 Å². The zero-order valence-corrected chi connectivity index (χ0v) is 14.0. The highest BCUT2D eigenvalue weighted by molar-refractivity contribution is 6.06. The summed E-state index contributed by atoms with van der Waals surface area (Å²) >= 11 is 0. The Labute approximate surface area is 136 Å². The molecule has 3 aromatic rings. The van der Waals surface area contributed by atoms with E-state index in [1.54, 1.807) is 0 Å². The largest absolute Gasteiger partial charge is 0.331 e. The van der Waals surface area contributed by atoms with Crippen molar-refractivity contribution < 1.29 is 4.79 Å². The molecule has 0 fully saturated rings. The number of aryl methyl sites for hydroxylation is 4. The van der Waals surface area contributed by atoms with E-state index in [0.29, 0.717) is 5.56 Å². The van der Waals surface area contributed by atoms with E-state index in [0.717, 1.165) is 34.5 Å². The van der Waals surface area contributed by atoms with Gasteiger partial charge < -0.3 is 9.88 Å². The van der Waals surface area contributed by atoms with Crippen molar-refractivity contribution in [1.82, 2.24) is 9.55 Å². The van der Waals surface area contributed by atoms with Crippen LogP contribution in [0.25, 0.3) is 11.0 Å². The maximum absolute atomic E-state index is 12.5. The fraction of sp³-hybridized carbons (Fsp3) is 0.263. The van der Waals surface area contributed by atoms with Crippen LogP contribution >= 0.6 is 0 Å². The van der Waals surface area contributed by atoms with Crippen molar-refractivity contribution in [2.24, 2.45) is 7.05 Å². The van der Waals surface area contributed by atoms with Crippen molar-refractivity contribution in [3.63, 3.8) is 0 Å². The molecule has 0 aliphatic rings. The topological polar surface area (TPSA) is 46.9 Å². The van der Waals surface area contributed by atoms with Gasteiger partial charge in [0.25, 0.3) is 5.91 Å². The molecule has 4 heteroatoms. The van der Waals surface area contributed by atoms with E-state index in [-0.39, 0.29) is 5.91 Å². The van der Waals surface area contributed by atoms with Gasteiger partial charge in [-0.25, -0.2) is 4.98 Å². The van der Waals surface area contributed by atoms with E-state index in [1.165, 1.54) is 5.56 Å². The van der Waals surface area contributed by atoms with Gasteiger partial charge in [0.05, 0.1) is 11.0 Å². The number of carbonyl (C=O) groups is 1. The molecule has 2 aromatic carbocycles. The van der Waals surface area contributed by atoms with E-state index >= 15 is 0 Å². The van der Waals surface area contributed by atoms with Crippen molar-refractivity contribution in [3.8, 4) is 0 Å². The minimum absolute atomic E-state index is 0.109. The molecule has 0 aliphatic carbocycles. The maximum atomic E-state index is 12.5. The van der Waals surface area contributed by atoms with E-state index in [9.17, 15) is 4.79 Å². The van der Waals surface area contributed by atoms with Gasteiger partial charge in [0, 0.05) is 24.7 Å². The van der Waals surface area contributed by atoms with Crippen molar-refractivity contribution in [1.29, 1.82) is 0 Å². The molecule has 1 N–H and O–H groups in total. The molecule has 0 spiro atoms. The number of carbonyl (C=O) groups excluding carboxylic acids is 1. The third-order valence-electron chi connectivity index (χ3n) is 4.18. The third kappa shape index (κ3) is 2.84. The van der Waals surface area contributed by atoms with Crippen LogP contribution < -0.4 is 5.32 Å². The number of hydrogen-bond acceptors (Lipinski definition) is 2. The van der Waals surface area contributed by atoms with Crippen LogP contribution in [-0.4, -0.2) is 15.5 Å². The number of aromatic nitrogens is 2. The second-order valence-corrected chi connectivity index (χ2v) is 5.92. The van der Waals surface area contributed by atoms with Gasteiger partial charge in [0.1, 0.15) is 5.82 Å². The lowest BCUT2D eigenvalue weighted by Gasteiger charge is -2.09. The van der Waals surface area contributed by atoms with Crippen LogP contribution in [0.2, 0.25) is 0 Å². The van der Waals surface area contributed by atoms with Crippen LogP contribution in [0.5, 0.6) is 0 Å². The Morgan fingerprint density at radius 2 is 1.96 bits per heavy atom. The molecular formula is C19H21N3O. The Kier molecular flexibility index (Phi) is 3.90. The first-order valence-corrected chi connectivity index (χ1v) is 7.83. The summed E-state index contributed by atoms with van der Waals surface area (Å²) in [5.74, 6) is 0.912. The van der Waals surface area contributed by atoms with E-state index in [1.807, 2.05) is 51.2 Å². The van der Waals surface area contributed by atoms with Crippen LogP contribution in [0, 0.1) is 13.8 Å². The first-order chi connectivity index (χ1) is 11.0. The van der Waals surface area contributed by atoms with Crippen LogP contribution in [0.4, 0.5) is 5.69 Å². The Hall–Kier alpha value is -2.62. The summed E-state index contributed by atoms with van der Waals surface area (Å²) in [4.78, 5) is 17.1. The number of nitrogens with one attached hydrogen (secondary N) is 1. The number of amides is 1. The summed E-state index contributed by atoms with van der Waals surface area (Å²) in [6, 6.07) is 11.7. The number of anilines is 1. The second-order valence-electron chi connectivity index (χ2n) is 5.92. The summed E-state index contributed by atoms with van der Waals surface area (Å²) in [7, 11) is 2.00. The average molecular weight is 307 g/mol. The summed E-state index contributed by atoms with van der Waals surface area (Å²) in [5, 5.41) is 2.98. The molecule has 4 nitrogen and oxygen atoms in total. The van der Waals surface area contributed by atoms with Crippen molar-refractivity contribution in [3.05, 3.63) is 58.9 Å². The summed E-state index contributed by atoms with van der Waals surface area (Å²) in [5.41, 5.74) is 5.62. The fourth-order valence-corrected chi connectivity index (χ4v) is 2.86. The zero-order chi connectivity index (χ0) is 16.6.